The highest BCUT2D eigenvalue weighted by atomic mass is 35.5. The summed E-state index contributed by atoms with van der Waals surface area (Å²) in [5.74, 6) is 0.649. The molecule has 174 valence electrons. The Bertz CT molecular complexity index is 1440. The Morgan fingerprint density at radius 3 is 2.35 bits per heavy atom. The molecule has 4 aromatic rings. The van der Waals surface area contributed by atoms with Gasteiger partial charge in [0.25, 0.3) is 5.56 Å². The van der Waals surface area contributed by atoms with Gasteiger partial charge in [0.05, 0.1) is 35.9 Å². The molecule has 0 saturated carbocycles. The molecule has 0 aliphatic carbocycles. The van der Waals surface area contributed by atoms with Crippen LogP contribution < -0.4 is 26.2 Å². The number of benzene rings is 3. The van der Waals surface area contributed by atoms with Gasteiger partial charge in [-0.25, -0.2) is 9.36 Å². The van der Waals surface area contributed by atoms with Crippen molar-refractivity contribution in [3.63, 3.8) is 0 Å². The van der Waals surface area contributed by atoms with Crippen LogP contribution >= 0.6 is 11.6 Å². The number of hydrogen-bond acceptors (Lipinski definition) is 5. The predicted molar refractivity (Wildman–Crippen MR) is 136 cm³/mol. The van der Waals surface area contributed by atoms with Crippen LogP contribution in [0.5, 0.6) is 5.75 Å². The lowest BCUT2D eigenvalue weighted by Crippen LogP contribution is -2.45. The fraction of sp³-hybridized carbons (Fsp3) is 0.231. The molecule has 1 fully saturated rings. The first-order valence-electron chi connectivity index (χ1n) is 11.2. The van der Waals surface area contributed by atoms with Gasteiger partial charge in [-0.2, -0.15) is 0 Å². The fourth-order valence-electron chi connectivity index (χ4n) is 4.47. The minimum Gasteiger partial charge on any atom is -0.497 e. The molecule has 34 heavy (non-hydrogen) atoms. The van der Waals surface area contributed by atoms with Gasteiger partial charge in [-0.1, -0.05) is 41.9 Å². The van der Waals surface area contributed by atoms with Crippen LogP contribution in [0, 0.1) is 0 Å². The van der Waals surface area contributed by atoms with E-state index in [0.717, 1.165) is 37.4 Å². The fourth-order valence-corrected chi connectivity index (χ4v) is 4.67. The Hall–Kier alpha value is -3.55. The largest absolute Gasteiger partial charge is 0.497 e. The van der Waals surface area contributed by atoms with E-state index in [-0.39, 0.29) is 5.56 Å². The number of halogens is 1. The van der Waals surface area contributed by atoms with E-state index in [1.54, 1.807) is 42.0 Å². The maximum atomic E-state index is 13.9. The van der Waals surface area contributed by atoms with Crippen molar-refractivity contribution in [2.75, 3.05) is 38.2 Å². The summed E-state index contributed by atoms with van der Waals surface area (Å²) in [5.41, 5.74) is 1.94. The summed E-state index contributed by atoms with van der Waals surface area (Å²) >= 11 is 6.53. The molecule has 1 aliphatic heterocycles. The molecule has 7 nitrogen and oxygen atoms in total. The molecule has 0 radical (unpaired) electrons. The Kier molecular flexibility index (Phi) is 6.13. The molecule has 1 aromatic heterocycles. The maximum absolute atomic E-state index is 13.9. The molecule has 0 amide bonds. The van der Waals surface area contributed by atoms with E-state index in [1.165, 1.54) is 4.57 Å². The first-order valence-corrected chi connectivity index (χ1v) is 11.6. The van der Waals surface area contributed by atoms with Crippen LogP contribution in [0.15, 0.2) is 76.3 Å². The molecule has 0 bridgehead atoms. The van der Waals surface area contributed by atoms with Crippen molar-refractivity contribution in [1.29, 1.82) is 0 Å². The number of nitrogens with one attached hydrogen (secondary N) is 1. The third-order valence-corrected chi connectivity index (χ3v) is 6.38. The second kappa shape index (κ2) is 9.37. The predicted octanol–water partition coefficient (Wildman–Crippen LogP) is 3.27. The number of anilines is 1. The summed E-state index contributed by atoms with van der Waals surface area (Å²) in [6.45, 7) is 3.42. The number of methoxy groups -OCH3 is 1. The number of fused-ring (bicyclic) bond motifs is 1. The Morgan fingerprint density at radius 1 is 0.971 bits per heavy atom. The van der Waals surface area contributed by atoms with Crippen LogP contribution in [0.1, 0.15) is 5.56 Å². The minimum atomic E-state index is -0.417. The van der Waals surface area contributed by atoms with Crippen LogP contribution in [0.25, 0.3) is 16.6 Å². The summed E-state index contributed by atoms with van der Waals surface area (Å²) < 4.78 is 8.13. The summed E-state index contributed by atoms with van der Waals surface area (Å²) in [6.07, 6.45) is 0. The Balaban J connectivity index is 1.83. The molecule has 8 heteroatoms. The highest BCUT2D eigenvalue weighted by Gasteiger charge is 2.22. The third kappa shape index (κ3) is 4.08. The summed E-state index contributed by atoms with van der Waals surface area (Å²) in [7, 11) is 1.58. The molecular formula is C26H25ClN4O3. The first kappa shape index (κ1) is 22.3. The van der Waals surface area contributed by atoms with Gasteiger partial charge in [-0.15, -0.1) is 0 Å². The van der Waals surface area contributed by atoms with E-state index in [4.69, 9.17) is 16.3 Å². The van der Waals surface area contributed by atoms with Gasteiger partial charge in [0.1, 0.15) is 5.75 Å². The number of rotatable bonds is 5. The van der Waals surface area contributed by atoms with Crippen molar-refractivity contribution in [2.45, 2.75) is 6.54 Å². The van der Waals surface area contributed by atoms with E-state index in [9.17, 15) is 9.59 Å². The van der Waals surface area contributed by atoms with E-state index in [2.05, 4.69) is 10.2 Å². The van der Waals surface area contributed by atoms with Gasteiger partial charge in [0, 0.05) is 31.2 Å². The molecule has 0 spiro atoms. The zero-order chi connectivity index (χ0) is 23.7. The number of nitrogens with zero attached hydrogens (tertiary/aromatic N) is 3. The van der Waals surface area contributed by atoms with E-state index in [1.807, 2.05) is 36.4 Å². The van der Waals surface area contributed by atoms with Crippen LogP contribution in [0.2, 0.25) is 5.02 Å². The van der Waals surface area contributed by atoms with E-state index < -0.39 is 5.69 Å². The summed E-state index contributed by atoms with van der Waals surface area (Å²) in [4.78, 5) is 29.9. The lowest BCUT2D eigenvalue weighted by Gasteiger charge is -2.31. The number of aromatic nitrogens is 2. The normalized spacial score (nSPS) is 13.9. The topological polar surface area (TPSA) is 68.5 Å². The standard InChI is InChI=1S/C26H25ClN4O3/c1-34-21-9-7-20(8-10-21)31-25(32)24-22(29-13-11-28-12-14-29)15-19(27)16-23(24)30(26(31)33)17-18-5-3-2-4-6-18/h2-10,15-16,28H,11-14,17H2,1H3. The van der Waals surface area contributed by atoms with Gasteiger partial charge < -0.3 is 15.0 Å². The third-order valence-electron chi connectivity index (χ3n) is 6.16. The molecule has 1 N–H and O–H groups in total. The van der Waals surface area contributed by atoms with Crippen molar-refractivity contribution in [3.05, 3.63) is 98.2 Å². The van der Waals surface area contributed by atoms with Crippen molar-refractivity contribution < 1.29 is 4.74 Å². The monoisotopic (exact) mass is 476 g/mol. The number of ether oxygens (including phenoxy) is 1. The molecule has 1 aliphatic rings. The first-order chi connectivity index (χ1) is 16.6. The van der Waals surface area contributed by atoms with Crippen molar-refractivity contribution >= 4 is 28.2 Å². The highest BCUT2D eigenvalue weighted by molar-refractivity contribution is 6.31. The second-order valence-electron chi connectivity index (χ2n) is 8.25. The van der Waals surface area contributed by atoms with Crippen molar-refractivity contribution in [3.8, 4) is 11.4 Å². The number of hydrogen-bond donors (Lipinski definition) is 1. The van der Waals surface area contributed by atoms with Crippen LogP contribution in [-0.2, 0) is 6.54 Å². The van der Waals surface area contributed by atoms with E-state index in [0.29, 0.717) is 33.9 Å². The second-order valence-corrected chi connectivity index (χ2v) is 8.69. The number of piperazine rings is 1. The van der Waals surface area contributed by atoms with Gasteiger partial charge in [0.2, 0.25) is 0 Å². The molecular weight excluding hydrogens is 452 g/mol. The van der Waals surface area contributed by atoms with Crippen LogP contribution in [0.4, 0.5) is 5.69 Å². The molecule has 3 aromatic carbocycles. The van der Waals surface area contributed by atoms with Gasteiger partial charge >= 0.3 is 5.69 Å². The zero-order valence-corrected chi connectivity index (χ0v) is 19.6. The molecule has 1 saturated heterocycles. The van der Waals surface area contributed by atoms with Gasteiger partial charge in [0.15, 0.2) is 0 Å². The highest BCUT2D eigenvalue weighted by Crippen LogP contribution is 2.29. The van der Waals surface area contributed by atoms with Crippen molar-refractivity contribution in [1.82, 2.24) is 14.5 Å². The summed E-state index contributed by atoms with van der Waals surface area (Å²) in [5, 5.41) is 4.31. The Labute approximate surface area is 201 Å². The maximum Gasteiger partial charge on any atom is 0.336 e. The smallest absolute Gasteiger partial charge is 0.336 e. The Morgan fingerprint density at radius 2 is 1.68 bits per heavy atom. The quantitative estimate of drug-likeness (QED) is 0.479. The minimum absolute atomic E-state index is 0.313. The van der Waals surface area contributed by atoms with Crippen molar-refractivity contribution in [2.24, 2.45) is 0 Å². The summed E-state index contributed by atoms with van der Waals surface area (Å²) in [6, 6.07) is 20.2. The lowest BCUT2D eigenvalue weighted by molar-refractivity contribution is 0.414. The van der Waals surface area contributed by atoms with Gasteiger partial charge in [-0.3, -0.25) is 9.36 Å². The average molecular weight is 477 g/mol. The van der Waals surface area contributed by atoms with Gasteiger partial charge in [-0.05, 0) is 42.0 Å². The SMILES string of the molecule is COc1ccc(-n2c(=O)c3c(N4CCNCC4)cc(Cl)cc3n(Cc3ccccc3)c2=O)cc1. The molecule has 2 heterocycles. The molecule has 5 rings (SSSR count). The zero-order valence-electron chi connectivity index (χ0n) is 18.8. The molecule has 0 atom stereocenters. The van der Waals surface area contributed by atoms with E-state index >= 15 is 0 Å². The van der Waals surface area contributed by atoms with Crippen LogP contribution in [-0.4, -0.2) is 42.4 Å². The van der Waals surface area contributed by atoms with Crippen LogP contribution in [0.3, 0.4) is 0 Å². The lowest BCUT2D eigenvalue weighted by atomic mass is 10.1. The average Bonchev–Trinajstić information content (AvgIpc) is 2.87. The molecule has 0 unspecified atom stereocenters.